The van der Waals surface area contributed by atoms with E-state index in [0.717, 1.165) is 14.9 Å². The maximum Gasteiger partial charge on any atom is 0.329 e. The van der Waals surface area contributed by atoms with Gasteiger partial charge < -0.3 is 10.1 Å². The lowest BCUT2D eigenvalue weighted by Gasteiger charge is -2.12. The van der Waals surface area contributed by atoms with Gasteiger partial charge in [0.25, 0.3) is 5.91 Å². The van der Waals surface area contributed by atoms with Gasteiger partial charge in [-0.3, -0.25) is 9.69 Å². The fourth-order valence-corrected chi connectivity index (χ4v) is 3.52. The molecule has 7 heteroatoms. The van der Waals surface area contributed by atoms with E-state index in [1.54, 1.807) is 24.3 Å². The van der Waals surface area contributed by atoms with Gasteiger partial charge in [-0.2, -0.15) is 0 Å². The average Bonchev–Trinajstić information content (AvgIpc) is 3.03. The largest absolute Gasteiger partial charge is 0.488 e. The number of benzene rings is 3. The van der Waals surface area contributed by atoms with Gasteiger partial charge in [-0.25, -0.2) is 9.18 Å². The molecule has 1 aliphatic rings. The van der Waals surface area contributed by atoms with Crippen LogP contribution in [0.3, 0.4) is 0 Å². The number of nitrogens with zero attached hydrogens (tertiary/aromatic N) is 1. The SMILES string of the molecule is O=C1NC(=Cc2cc(Br)ccc2OCc2ccccc2)C(=O)N1Cc1ccc(F)cc1. The third-order valence-corrected chi connectivity index (χ3v) is 5.22. The van der Waals surface area contributed by atoms with Crippen molar-refractivity contribution in [3.63, 3.8) is 0 Å². The molecule has 3 amide bonds. The van der Waals surface area contributed by atoms with Crippen LogP contribution in [-0.2, 0) is 17.9 Å². The molecule has 0 aromatic heterocycles. The van der Waals surface area contributed by atoms with E-state index in [9.17, 15) is 14.0 Å². The van der Waals surface area contributed by atoms with Gasteiger partial charge in [-0.05, 0) is 47.5 Å². The zero-order chi connectivity index (χ0) is 21.8. The number of nitrogens with one attached hydrogen (secondary N) is 1. The van der Waals surface area contributed by atoms with Crippen molar-refractivity contribution in [1.82, 2.24) is 10.2 Å². The molecule has 0 unspecified atom stereocenters. The molecule has 31 heavy (non-hydrogen) atoms. The normalized spacial score (nSPS) is 14.8. The van der Waals surface area contributed by atoms with Crippen LogP contribution in [0.4, 0.5) is 9.18 Å². The van der Waals surface area contributed by atoms with Crippen LogP contribution in [0.25, 0.3) is 6.08 Å². The third-order valence-electron chi connectivity index (χ3n) is 4.73. The van der Waals surface area contributed by atoms with Gasteiger partial charge in [0.2, 0.25) is 0 Å². The molecule has 3 aromatic rings. The topological polar surface area (TPSA) is 58.6 Å². The predicted octanol–water partition coefficient (Wildman–Crippen LogP) is 5.26. The summed E-state index contributed by atoms with van der Waals surface area (Å²) in [7, 11) is 0. The number of ether oxygens (including phenoxy) is 1. The Morgan fingerprint density at radius 1 is 0.968 bits per heavy atom. The Labute approximate surface area is 187 Å². The van der Waals surface area contributed by atoms with Gasteiger partial charge in [-0.1, -0.05) is 58.4 Å². The van der Waals surface area contributed by atoms with Crippen molar-refractivity contribution < 1.29 is 18.7 Å². The summed E-state index contributed by atoms with van der Waals surface area (Å²) in [6.45, 7) is 0.424. The standard InChI is InChI=1S/C24H18BrFN2O3/c25-19-8-11-22(31-15-17-4-2-1-3-5-17)18(12-19)13-21-23(29)28(24(30)27-21)14-16-6-9-20(26)10-7-16/h1-13H,14-15H2,(H,27,30). The van der Waals surface area contributed by atoms with E-state index in [4.69, 9.17) is 4.74 Å². The van der Waals surface area contributed by atoms with Crippen LogP contribution in [0.1, 0.15) is 16.7 Å². The van der Waals surface area contributed by atoms with Crippen molar-refractivity contribution in [2.75, 3.05) is 0 Å². The molecule has 156 valence electrons. The molecule has 1 saturated heterocycles. The smallest absolute Gasteiger partial charge is 0.329 e. The van der Waals surface area contributed by atoms with E-state index in [1.165, 1.54) is 12.1 Å². The molecule has 1 heterocycles. The van der Waals surface area contributed by atoms with E-state index in [2.05, 4.69) is 21.2 Å². The first kappa shape index (κ1) is 20.8. The first-order valence-electron chi connectivity index (χ1n) is 9.55. The molecular formula is C24H18BrFN2O3. The molecule has 0 saturated carbocycles. The van der Waals surface area contributed by atoms with E-state index in [-0.39, 0.29) is 18.1 Å². The summed E-state index contributed by atoms with van der Waals surface area (Å²) in [4.78, 5) is 26.3. The maximum absolute atomic E-state index is 13.1. The third kappa shape index (κ3) is 5.00. The van der Waals surface area contributed by atoms with Gasteiger partial charge in [0.1, 0.15) is 23.9 Å². The minimum Gasteiger partial charge on any atom is -0.488 e. The molecule has 0 aliphatic carbocycles. The summed E-state index contributed by atoms with van der Waals surface area (Å²) in [5.41, 5.74) is 2.47. The Morgan fingerprint density at radius 2 is 1.71 bits per heavy atom. The van der Waals surface area contributed by atoms with Gasteiger partial charge in [-0.15, -0.1) is 0 Å². The molecule has 3 aromatic carbocycles. The van der Waals surface area contributed by atoms with Crippen molar-refractivity contribution in [3.8, 4) is 5.75 Å². The maximum atomic E-state index is 13.1. The Kier molecular flexibility index (Phi) is 6.13. The fourth-order valence-electron chi connectivity index (χ4n) is 3.14. The molecule has 5 nitrogen and oxygen atoms in total. The summed E-state index contributed by atoms with van der Waals surface area (Å²) < 4.78 is 19.9. The lowest BCUT2D eigenvalue weighted by molar-refractivity contribution is -0.123. The molecular weight excluding hydrogens is 463 g/mol. The van der Waals surface area contributed by atoms with E-state index in [0.29, 0.717) is 23.5 Å². The second-order valence-corrected chi connectivity index (χ2v) is 7.88. The lowest BCUT2D eigenvalue weighted by atomic mass is 10.1. The minimum absolute atomic E-state index is 0.0537. The van der Waals surface area contributed by atoms with Crippen molar-refractivity contribution in [2.24, 2.45) is 0 Å². The van der Waals surface area contributed by atoms with Crippen LogP contribution in [0, 0.1) is 5.82 Å². The number of hydrogen-bond acceptors (Lipinski definition) is 3. The summed E-state index contributed by atoms with van der Waals surface area (Å²) in [5.74, 6) is -0.249. The number of urea groups is 1. The van der Waals surface area contributed by atoms with Gasteiger partial charge in [0.05, 0.1) is 6.54 Å². The lowest BCUT2D eigenvalue weighted by Crippen LogP contribution is -2.30. The zero-order valence-corrected chi connectivity index (χ0v) is 17.9. The predicted molar refractivity (Wildman–Crippen MR) is 118 cm³/mol. The first-order chi connectivity index (χ1) is 15.0. The molecule has 1 N–H and O–H groups in total. The number of carbonyl (C=O) groups is 2. The van der Waals surface area contributed by atoms with E-state index >= 15 is 0 Å². The van der Waals surface area contributed by atoms with Crippen LogP contribution in [0.5, 0.6) is 5.75 Å². The van der Waals surface area contributed by atoms with Crippen LogP contribution in [0.2, 0.25) is 0 Å². The zero-order valence-electron chi connectivity index (χ0n) is 16.3. The quantitative estimate of drug-likeness (QED) is 0.386. The Bertz CT molecular complexity index is 1150. The number of amides is 3. The van der Waals surface area contributed by atoms with Gasteiger partial charge in [0.15, 0.2) is 0 Å². The Balaban J connectivity index is 1.55. The summed E-state index contributed by atoms with van der Waals surface area (Å²) >= 11 is 3.43. The number of imide groups is 1. The molecule has 1 aliphatic heterocycles. The molecule has 0 atom stereocenters. The summed E-state index contributed by atoms with van der Waals surface area (Å²) in [6, 6.07) is 20.3. The number of halogens is 2. The van der Waals surface area contributed by atoms with Crippen LogP contribution < -0.4 is 10.1 Å². The Hall–Kier alpha value is -3.45. The number of hydrogen-bond donors (Lipinski definition) is 1. The van der Waals surface area contributed by atoms with Gasteiger partial charge in [0, 0.05) is 10.0 Å². The van der Waals surface area contributed by atoms with E-state index < -0.39 is 11.9 Å². The Morgan fingerprint density at radius 3 is 2.45 bits per heavy atom. The number of carbonyl (C=O) groups excluding carboxylic acids is 2. The van der Waals surface area contributed by atoms with Gasteiger partial charge >= 0.3 is 6.03 Å². The highest BCUT2D eigenvalue weighted by Crippen LogP contribution is 2.27. The molecule has 4 rings (SSSR count). The first-order valence-corrected chi connectivity index (χ1v) is 10.3. The fraction of sp³-hybridized carbons (Fsp3) is 0.0833. The van der Waals surface area contributed by atoms with Crippen molar-refractivity contribution in [3.05, 3.63) is 105 Å². The van der Waals surface area contributed by atoms with Crippen LogP contribution in [-0.4, -0.2) is 16.8 Å². The summed E-state index contributed by atoms with van der Waals surface area (Å²) in [6.07, 6.45) is 1.59. The monoisotopic (exact) mass is 480 g/mol. The minimum atomic E-state index is -0.526. The second kappa shape index (κ2) is 9.14. The van der Waals surface area contributed by atoms with Crippen LogP contribution in [0.15, 0.2) is 83.0 Å². The highest BCUT2D eigenvalue weighted by Gasteiger charge is 2.33. The summed E-state index contributed by atoms with van der Waals surface area (Å²) in [5, 5.41) is 2.61. The second-order valence-electron chi connectivity index (χ2n) is 6.96. The van der Waals surface area contributed by atoms with Crippen molar-refractivity contribution >= 4 is 33.9 Å². The van der Waals surface area contributed by atoms with Crippen LogP contribution >= 0.6 is 15.9 Å². The molecule has 0 spiro atoms. The van der Waals surface area contributed by atoms with Crippen molar-refractivity contribution in [2.45, 2.75) is 13.2 Å². The average molecular weight is 481 g/mol. The highest BCUT2D eigenvalue weighted by atomic mass is 79.9. The highest BCUT2D eigenvalue weighted by molar-refractivity contribution is 9.10. The molecule has 0 radical (unpaired) electrons. The molecule has 1 fully saturated rings. The van der Waals surface area contributed by atoms with E-state index in [1.807, 2.05) is 42.5 Å². The molecule has 0 bridgehead atoms. The number of rotatable bonds is 6. The van der Waals surface area contributed by atoms with Crippen molar-refractivity contribution in [1.29, 1.82) is 0 Å².